The van der Waals surface area contributed by atoms with Crippen molar-refractivity contribution < 1.29 is 0 Å². The molecular weight excluding hydrogens is 160 g/mol. The van der Waals surface area contributed by atoms with Crippen molar-refractivity contribution in [1.82, 2.24) is 5.43 Å². The summed E-state index contributed by atoms with van der Waals surface area (Å²) in [5.74, 6) is 0.745. The van der Waals surface area contributed by atoms with Crippen LogP contribution in [0.2, 0.25) is 0 Å². The van der Waals surface area contributed by atoms with Gasteiger partial charge in [-0.3, -0.25) is 0 Å². The molecule has 1 N–H and O–H groups in total. The van der Waals surface area contributed by atoms with Gasteiger partial charge >= 0.3 is 0 Å². The molecule has 1 saturated carbocycles. The van der Waals surface area contributed by atoms with E-state index in [1.54, 1.807) is 0 Å². The predicted octanol–water partition coefficient (Wildman–Crippen LogP) is 2.94. The number of nitrogens with one attached hydrogen (secondary N) is 1. The second kappa shape index (κ2) is 4.12. The number of hydrogen-bond donors (Lipinski definition) is 1. The van der Waals surface area contributed by atoms with E-state index in [0.717, 1.165) is 5.92 Å². The molecule has 13 heavy (non-hydrogen) atoms. The fourth-order valence-corrected chi connectivity index (χ4v) is 1.73. The van der Waals surface area contributed by atoms with Gasteiger partial charge in [0.05, 0.1) is 0 Å². The lowest BCUT2D eigenvalue weighted by atomic mass is 10.0. The molecule has 0 radical (unpaired) electrons. The van der Waals surface area contributed by atoms with Crippen molar-refractivity contribution in [2.75, 3.05) is 0 Å². The van der Waals surface area contributed by atoms with Crippen LogP contribution in [0.25, 0.3) is 0 Å². The minimum Gasteiger partial charge on any atom is -0.305 e. The van der Waals surface area contributed by atoms with E-state index in [1.165, 1.54) is 31.4 Å². The summed E-state index contributed by atoms with van der Waals surface area (Å²) in [6.45, 7) is 8.69. The van der Waals surface area contributed by atoms with Gasteiger partial charge < -0.3 is 5.43 Å². The molecule has 2 heteroatoms. The summed E-state index contributed by atoms with van der Waals surface area (Å²) < 4.78 is 0. The third-order valence-electron chi connectivity index (χ3n) is 2.48. The number of hydrazone groups is 1. The average molecular weight is 182 g/mol. The summed E-state index contributed by atoms with van der Waals surface area (Å²) in [5.41, 5.74) is 4.71. The molecule has 0 aromatic rings. The summed E-state index contributed by atoms with van der Waals surface area (Å²) in [6, 6.07) is 0. The van der Waals surface area contributed by atoms with Crippen LogP contribution in [0.1, 0.15) is 53.4 Å². The maximum Gasteiger partial charge on any atom is 0.0464 e. The summed E-state index contributed by atoms with van der Waals surface area (Å²) in [6.07, 6.45) is 5.09. The highest BCUT2D eigenvalue weighted by Crippen LogP contribution is 2.25. The number of hydrogen-bond acceptors (Lipinski definition) is 2. The lowest BCUT2D eigenvalue weighted by Crippen LogP contribution is -2.32. The van der Waals surface area contributed by atoms with Crippen LogP contribution in [-0.4, -0.2) is 11.3 Å². The zero-order chi connectivity index (χ0) is 9.90. The molecule has 2 nitrogen and oxygen atoms in total. The molecule has 1 unspecified atom stereocenters. The molecule has 0 aliphatic heterocycles. The first-order chi connectivity index (χ1) is 6.03. The second-order valence-electron chi connectivity index (χ2n) is 4.96. The lowest BCUT2D eigenvalue weighted by Gasteiger charge is -2.19. The van der Waals surface area contributed by atoms with E-state index in [-0.39, 0.29) is 5.54 Å². The van der Waals surface area contributed by atoms with Gasteiger partial charge in [0.15, 0.2) is 0 Å². The van der Waals surface area contributed by atoms with Gasteiger partial charge in [0, 0.05) is 11.3 Å². The SMILES string of the molecule is CCC1CCC/C1=N/NC(C)(C)C. The van der Waals surface area contributed by atoms with Crippen molar-refractivity contribution in [1.29, 1.82) is 0 Å². The highest BCUT2D eigenvalue weighted by Gasteiger charge is 2.21. The summed E-state index contributed by atoms with van der Waals surface area (Å²) in [4.78, 5) is 0. The Bertz CT molecular complexity index is 189. The third kappa shape index (κ3) is 3.37. The van der Waals surface area contributed by atoms with Gasteiger partial charge in [0.2, 0.25) is 0 Å². The van der Waals surface area contributed by atoms with Crippen molar-refractivity contribution in [2.24, 2.45) is 11.0 Å². The molecule has 0 amide bonds. The Morgan fingerprint density at radius 2 is 2.15 bits per heavy atom. The number of nitrogens with zero attached hydrogens (tertiary/aromatic N) is 1. The third-order valence-corrected chi connectivity index (χ3v) is 2.48. The number of rotatable bonds is 2. The van der Waals surface area contributed by atoms with E-state index in [4.69, 9.17) is 0 Å². The van der Waals surface area contributed by atoms with E-state index < -0.39 is 0 Å². The average Bonchev–Trinajstić information content (AvgIpc) is 2.46. The summed E-state index contributed by atoms with van der Waals surface area (Å²) >= 11 is 0. The Morgan fingerprint density at radius 3 is 2.69 bits per heavy atom. The Morgan fingerprint density at radius 1 is 1.46 bits per heavy atom. The van der Waals surface area contributed by atoms with E-state index in [2.05, 4.69) is 38.2 Å². The van der Waals surface area contributed by atoms with Gasteiger partial charge in [0.1, 0.15) is 0 Å². The molecule has 76 valence electrons. The van der Waals surface area contributed by atoms with Crippen LogP contribution in [0.15, 0.2) is 5.10 Å². The maximum absolute atomic E-state index is 4.51. The predicted molar refractivity (Wildman–Crippen MR) is 58.0 cm³/mol. The van der Waals surface area contributed by atoms with Gasteiger partial charge in [-0.15, -0.1) is 0 Å². The smallest absolute Gasteiger partial charge is 0.0464 e. The van der Waals surface area contributed by atoms with Crippen LogP contribution in [0.5, 0.6) is 0 Å². The molecule has 1 rings (SSSR count). The maximum atomic E-state index is 4.51. The molecule has 1 aliphatic rings. The normalized spacial score (nSPS) is 26.8. The molecule has 1 fully saturated rings. The van der Waals surface area contributed by atoms with E-state index >= 15 is 0 Å². The molecule has 0 saturated heterocycles. The molecule has 0 heterocycles. The Balaban J connectivity index is 2.50. The van der Waals surface area contributed by atoms with Crippen LogP contribution in [0.4, 0.5) is 0 Å². The van der Waals surface area contributed by atoms with Crippen LogP contribution < -0.4 is 5.43 Å². The van der Waals surface area contributed by atoms with E-state index in [0.29, 0.717) is 0 Å². The molecule has 1 atom stereocenters. The van der Waals surface area contributed by atoms with Crippen LogP contribution in [-0.2, 0) is 0 Å². The van der Waals surface area contributed by atoms with Gasteiger partial charge in [-0.1, -0.05) is 6.92 Å². The zero-order valence-corrected chi connectivity index (χ0v) is 9.35. The Labute approximate surface area is 81.8 Å². The molecule has 1 aliphatic carbocycles. The first kappa shape index (κ1) is 10.6. The fourth-order valence-electron chi connectivity index (χ4n) is 1.73. The van der Waals surface area contributed by atoms with E-state index in [9.17, 15) is 0 Å². The first-order valence-electron chi connectivity index (χ1n) is 5.36. The second-order valence-corrected chi connectivity index (χ2v) is 4.96. The fraction of sp³-hybridized carbons (Fsp3) is 0.909. The topological polar surface area (TPSA) is 24.4 Å². The van der Waals surface area contributed by atoms with Gasteiger partial charge in [-0.25, -0.2) is 0 Å². The van der Waals surface area contributed by atoms with Gasteiger partial charge in [0.25, 0.3) is 0 Å². The lowest BCUT2D eigenvalue weighted by molar-refractivity contribution is 0.438. The Hall–Kier alpha value is -0.530. The summed E-state index contributed by atoms with van der Waals surface area (Å²) in [7, 11) is 0. The van der Waals surface area contributed by atoms with Crippen molar-refractivity contribution in [3.8, 4) is 0 Å². The molecular formula is C11H22N2. The van der Waals surface area contributed by atoms with E-state index in [1.807, 2.05) is 0 Å². The van der Waals surface area contributed by atoms with Crippen molar-refractivity contribution in [2.45, 2.75) is 58.9 Å². The highest BCUT2D eigenvalue weighted by molar-refractivity contribution is 5.88. The van der Waals surface area contributed by atoms with Crippen LogP contribution in [0.3, 0.4) is 0 Å². The minimum atomic E-state index is 0.105. The van der Waals surface area contributed by atoms with Crippen LogP contribution in [0, 0.1) is 5.92 Å². The van der Waals surface area contributed by atoms with Crippen molar-refractivity contribution >= 4 is 5.71 Å². The quantitative estimate of drug-likeness (QED) is 0.652. The Kier molecular flexibility index (Phi) is 3.34. The highest BCUT2D eigenvalue weighted by atomic mass is 15.3. The monoisotopic (exact) mass is 182 g/mol. The van der Waals surface area contributed by atoms with Crippen molar-refractivity contribution in [3.05, 3.63) is 0 Å². The molecule has 0 aromatic carbocycles. The first-order valence-corrected chi connectivity index (χ1v) is 5.36. The standard InChI is InChI=1S/C11H22N2/c1-5-9-7-6-8-10(9)12-13-11(2,3)4/h9,13H,5-8H2,1-4H3/b12-10-. The minimum absolute atomic E-state index is 0.105. The van der Waals surface area contributed by atoms with Crippen molar-refractivity contribution in [3.63, 3.8) is 0 Å². The molecule has 0 spiro atoms. The molecule has 0 aromatic heterocycles. The van der Waals surface area contributed by atoms with Gasteiger partial charge in [-0.05, 0) is 52.4 Å². The summed E-state index contributed by atoms with van der Waals surface area (Å²) in [5, 5.41) is 4.51. The zero-order valence-electron chi connectivity index (χ0n) is 9.35. The molecule has 0 bridgehead atoms. The van der Waals surface area contributed by atoms with Crippen LogP contribution >= 0.6 is 0 Å². The largest absolute Gasteiger partial charge is 0.305 e. The van der Waals surface area contributed by atoms with Gasteiger partial charge in [-0.2, -0.15) is 5.10 Å².